The second-order valence-electron chi connectivity index (χ2n) is 7.19. The molecule has 0 aliphatic rings. The fourth-order valence-electron chi connectivity index (χ4n) is 2.85. The molecule has 0 atom stereocenters. The molecule has 0 amide bonds. The molecular formula is C25H22Cl3N6NaO2. The van der Waals surface area contributed by atoms with E-state index < -0.39 is 5.97 Å². The summed E-state index contributed by atoms with van der Waals surface area (Å²) in [5.41, 5.74) is 14.2. The van der Waals surface area contributed by atoms with Gasteiger partial charge in [-0.1, -0.05) is 65.7 Å². The van der Waals surface area contributed by atoms with Crippen LogP contribution in [0.2, 0.25) is 10.0 Å². The zero-order valence-corrected chi connectivity index (χ0v) is 24.3. The molecule has 0 saturated carbocycles. The average molecular weight is 568 g/mol. The van der Waals surface area contributed by atoms with Crippen molar-refractivity contribution in [1.82, 2.24) is 4.98 Å². The average Bonchev–Trinajstić information content (AvgIpc) is 2.85. The first-order chi connectivity index (χ1) is 16.8. The maximum Gasteiger partial charge on any atom is 1.00 e. The van der Waals surface area contributed by atoms with Gasteiger partial charge in [0, 0.05) is 11.3 Å². The summed E-state index contributed by atoms with van der Waals surface area (Å²) >= 11 is 12.2. The third kappa shape index (κ3) is 9.19. The van der Waals surface area contributed by atoms with Crippen molar-refractivity contribution < 1.29 is 39.5 Å². The number of rotatable bonds is 5. The molecule has 0 aliphatic heterocycles. The molecule has 0 fully saturated rings. The van der Waals surface area contributed by atoms with Crippen molar-refractivity contribution in [2.45, 2.75) is 6.92 Å². The van der Waals surface area contributed by atoms with Crippen LogP contribution in [0.4, 0.5) is 34.4 Å². The van der Waals surface area contributed by atoms with Gasteiger partial charge >= 0.3 is 29.6 Å². The van der Waals surface area contributed by atoms with Crippen LogP contribution in [0.1, 0.15) is 15.9 Å². The number of carbonyl (C=O) groups is 1. The first-order valence-corrected chi connectivity index (χ1v) is 11.0. The summed E-state index contributed by atoms with van der Waals surface area (Å²) in [5.74, 6) is -0.612. The van der Waals surface area contributed by atoms with E-state index in [9.17, 15) is 9.90 Å². The van der Waals surface area contributed by atoms with Crippen molar-refractivity contribution in [2.24, 2.45) is 10.2 Å². The molecule has 3 aromatic carbocycles. The number of halogens is 3. The van der Waals surface area contributed by atoms with Crippen LogP contribution in [0.3, 0.4) is 0 Å². The maximum absolute atomic E-state index is 11.0. The Balaban J connectivity index is 0.000000355. The number of para-hydroxylation sites is 1. The van der Waals surface area contributed by atoms with Crippen LogP contribution < -0.4 is 51.4 Å². The Bertz CT molecular complexity index is 1370. The van der Waals surface area contributed by atoms with Gasteiger partial charge in [-0.3, -0.25) is 0 Å². The predicted molar refractivity (Wildman–Crippen MR) is 146 cm³/mol. The number of aryl methyl sites for hydroxylation is 1. The number of azo groups is 1. The van der Waals surface area contributed by atoms with Gasteiger partial charge in [0.1, 0.15) is 11.5 Å². The number of nitrogens with one attached hydrogen (secondary N) is 1. The number of nitrogens with two attached hydrogens (primary N) is 2. The number of aromatic carboxylic acids is 1. The standard InChI is InChI=1S/C14H11Cl2NO2.C11H11N5.ClH.Na/c1-8-6-7-10(15)13(12(8)16)17-11-5-3-2-4-9(11)14(18)19;12-10-7-6-9(11(13)14-10)16-15-8-4-2-1-3-5-8;;/h2-7,17H,1H3,(H,18,19);1-7H,(H4,12,13,14);1H;/q;;;+1/p-1. The Morgan fingerprint density at radius 2 is 1.57 bits per heavy atom. The Labute approximate surface area is 252 Å². The maximum atomic E-state index is 11.0. The second kappa shape index (κ2) is 15.4. The van der Waals surface area contributed by atoms with Crippen molar-refractivity contribution in [2.75, 3.05) is 16.8 Å². The van der Waals surface area contributed by atoms with Crippen molar-refractivity contribution in [3.8, 4) is 0 Å². The Hall–Kier alpha value is -2.85. The Kier molecular flexibility index (Phi) is 13.4. The zero-order valence-electron chi connectivity index (χ0n) is 20.0. The van der Waals surface area contributed by atoms with Crippen molar-refractivity contribution in [3.63, 3.8) is 0 Å². The number of anilines is 4. The summed E-state index contributed by atoms with van der Waals surface area (Å²) in [6.45, 7) is 1.84. The van der Waals surface area contributed by atoms with Gasteiger partial charge < -0.3 is 26.7 Å². The molecule has 5 N–H and O–H groups in total. The molecule has 186 valence electrons. The van der Waals surface area contributed by atoms with Gasteiger partial charge in [0.25, 0.3) is 0 Å². The van der Waals surface area contributed by atoms with Gasteiger partial charge in [0.15, 0.2) is 5.82 Å². The molecule has 12 heteroatoms. The molecule has 1 heterocycles. The molecule has 37 heavy (non-hydrogen) atoms. The van der Waals surface area contributed by atoms with Crippen molar-refractivity contribution >= 4 is 76.0 Å². The van der Waals surface area contributed by atoms with Gasteiger partial charge in [0.2, 0.25) is 0 Å². The van der Waals surface area contributed by atoms with E-state index in [-0.39, 0.29) is 53.3 Å². The number of nitrogen functional groups attached to an aromatic ring is 2. The van der Waals surface area contributed by atoms with Crippen molar-refractivity contribution in [1.29, 1.82) is 0 Å². The van der Waals surface area contributed by atoms with Gasteiger partial charge in [-0.2, -0.15) is 5.11 Å². The minimum absolute atomic E-state index is 0. The minimum atomic E-state index is -1.26. The first kappa shape index (κ1) is 32.2. The second-order valence-corrected chi connectivity index (χ2v) is 7.97. The van der Waals surface area contributed by atoms with Crippen molar-refractivity contribution in [3.05, 3.63) is 100 Å². The summed E-state index contributed by atoms with van der Waals surface area (Å²) in [4.78, 5) is 14.9. The number of hydrogen-bond acceptors (Lipinski definition) is 8. The molecule has 1 aromatic heterocycles. The third-order valence-electron chi connectivity index (χ3n) is 4.64. The molecule has 0 spiro atoms. The van der Waals surface area contributed by atoms with E-state index in [2.05, 4.69) is 20.5 Å². The monoisotopic (exact) mass is 566 g/mol. The molecule has 8 nitrogen and oxygen atoms in total. The number of pyridine rings is 1. The van der Waals surface area contributed by atoms with Gasteiger partial charge in [0.05, 0.1) is 27.4 Å². The first-order valence-electron chi connectivity index (χ1n) is 10.3. The van der Waals surface area contributed by atoms with Crippen LogP contribution >= 0.6 is 35.6 Å². The van der Waals surface area contributed by atoms with E-state index >= 15 is 0 Å². The molecule has 4 rings (SSSR count). The predicted octanol–water partition coefficient (Wildman–Crippen LogP) is 3.50. The normalized spacial score (nSPS) is 9.92. The zero-order chi connectivity index (χ0) is 25.4. The fraction of sp³-hybridized carbons (Fsp3) is 0.0400. The summed E-state index contributed by atoms with van der Waals surface area (Å²) in [7, 11) is 0. The number of benzene rings is 3. The topological polar surface area (TPSA) is 142 Å². The van der Waals surface area contributed by atoms with E-state index in [0.717, 1.165) is 11.3 Å². The summed E-state index contributed by atoms with van der Waals surface area (Å²) in [5, 5.41) is 22.9. The summed E-state index contributed by atoms with van der Waals surface area (Å²) in [6.07, 6.45) is 0. The van der Waals surface area contributed by atoms with Gasteiger partial charge in [-0.15, -0.1) is 17.5 Å². The number of carbonyl (C=O) groups excluding carboxylic acids is 1. The van der Waals surface area contributed by atoms with E-state index in [4.69, 9.17) is 34.7 Å². The quantitative estimate of drug-likeness (QED) is 0.249. The fourth-order valence-corrected chi connectivity index (χ4v) is 3.32. The van der Waals surface area contributed by atoms with E-state index in [1.165, 1.54) is 6.07 Å². The van der Waals surface area contributed by atoms with Crippen LogP contribution in [0.5, 0.6) is 0 Å². The molecule has 0 saturated heterocycles. The third-order valence-corrected chi connectivity index (χ3v) is 5.45. The molecule has 0 unspecified atom stereocenters. The van der Waals surface area contributed by atoms with Gasteiger partial charge in [-0.25, -0.2) is 4.98 Å². The van der Waals surface area contributed by atoms with E-state index in [1.807, 2.05) is 37.3 Å². The Morgan fingerprint density at radius 3 is 2.22 bits per heavy atom. The van der Waals surface area contributed by atoms with Crippen LogP contribution in [-0.2, 0) is 0 Å². The number of aromatic nitrogens is 1. The van der Waals surface area contributed by atoms with E-state index in [0.29, 0.717) is 32.9 Å². The number of nitrogens with zero attached hydrogens (tertiary/aromatic N) is 3. The van der Waals surface area contributed by atoms with Crippen LogP contribution in [0.25, 0.3) is 0 Å². The van der Waals surface area contributed by atoms with Crippen LogP contribution in [0.15, 0.2) is 89.1 Å². The largest absolute Gasteiger partial charge is 1.00 e. The number of carboxylic acids is 1. The smallest absolute Gasteiger partial charge is 0.545 e. The summed E-state index contributed by atoms with van der Waals surface area (Å²) in [6, 6.07) is 22.6. The molecule has 0 aliphatic carbocycles. The number of carboxylic acid groups (broad SMARTS) is 1. The summed E-state index contributed by atoms with van der Waals surface area (Å²) < 4.78 is 0. The van der Waals surface area contributed by atoms with Crippen LogP contribution in [-0.4, -0.2) is 11.0 Å². The van der Waals surface area contributed by atoms with E-state index in [1.54, 1.807) is 42.5 Å². The minimum Gasteiger partial charge on any atom is -0.545 e. The Morgan fingerprint density at radius 1 is 0.919 bits per heavy atom. The number of hydrogen-bond donors (Lipinski definition) is 3. The molecular weight excluding hydrogens is 546 g/mol. The van der Waals surface area contributed by atoms with Gasteiger partial charge in [-0.05, 0) is 48.9 Å². The molecule has 0 radical (unpaired) electrons. The molecule has 0 bridgehead atoms. The SMILES string of the molecule is Cc1ccc(Cl)c(Nc2ccccc2C(=O)[O-])c1Cl.Cl.Nc1ccc(N=Nc2ccccc2)c(N)n1.[Na+]. The molecule has 4 aromatic rings. The van der Waals surface area contributed by atoms with Crippen LogP contribution in [0, 0.1) is 6.92 Å².